The molecule has 4 heteroatoms. The highest BCUT2D eigenvalue weighted by atomic mass is 16.2. The van der Waals surface area contributed by atoms with Crippen LogP contribution in [0.2, 0.25) is 0 Å². The van der Waals surface area contributed by atoms with Crippen LogP contribution in [0.4, 0.5) is 5.69 Å². The second-order valence-corrected chi connectivity index (χ2v) is 6.47. The number of Topliss-reactive ketones (excluding diaryl/α,β-unsaturated/α-hetero) is 1. The van der Waals surface area contributed by atoms with Crippen LogP contribution in [0.1, 0.15) is 17.3 Å². The molecule has 0 bridgehead atoms. The van der Waals surface area contributed by atoms with Crippen molar-refractivity contribution in [2.24, 2.45) is 11.0 Å². The van der Waals surface area contributed by atoms with Gasteiger partial charge in [-0.05, 0) is 30.2 Å². The Morgan fingerprint density at radius 2 is 1.37 bits per heavy atom. The second-order valence-electron chi connectivity index (χ2n) is 6.47. The van der Waals surface area contributed by atoms with Gasteiger partial charge in [-0.3, -0.25) is 9.59 Å². The van der Waals surface area contributed by atoms with Gasteiger partial charge in [-0.2, -0.15) is 10.1 Å². The molecule has 0 aliphatic carbocycles. The van der Waals surface area contributed by atoms with Crippen molar-refractivity contribution in [2.45, 2.75) is 6.92 Å². The minimum atomic E-state index is -0.868. The number of amides is 1. The number of nitrogens with zero attached hydrogens (tertiary/aromatic N) is 2. The van der Waals surface area contributed by atoms with Crippen molar-refractivity contribution in [2.75, 3.05) is 5.01 Å². The number of para-hydroxylation sites is 1. The van der Waals surface area contributed by atoms with Crippen molar-refractivity contribution >= 4 is 23.1 Å². The molecule has 27 heavy (non-hydrogen) atoms. The second kappa shape index (κ2) is 7.00. The van der Waals surface area contributed by atoms with Crippen LogP contribution in [-0.4, -0.2) is 17.4 Å². The Labute approximate surface area is 157 Å². The summed E-state index contributed by atoms with van der Waals surface area (Å²) in [6.07, 6.45) is 0. The summed E-state index contributed by atoms with van der Waals surface area (Å²) in [5.74, 6) is -1.40. The van der Waals surface area contributed by atoms with Crippen molar-refractivity contribution in [1.29, 1.82) is 0 Å². The minimum absolute atomic E-state index is 0.223. The van der Waals surface area contributed by atoms with Crippen LogP contribution in [-0.2, 0) is 4.79 Å². The fourth-order valence-corrected chi connectivity index (χ4v) is 3.25. The maximum Gasteiger partial charge on any atom is 0.264 e. The van der Waals surface area contributed by atoms with Gasteiger partial charge in [-0.1, -0.05) is 72.8 Å². The summed E-state index contributed by atoms with van der Waals surface area (Å²) in [6.45, 7) is 1.72. The van der Waals surface area contributed by atoms with Gasteiger partial charge in [0.05, 0.1) is 11.4 Å². The first-order valence-electron chi connectivity index (χ1n) is 8.79. The normalized spacial score (nSPS) is 16.3. The highest BCUT2D eigenvalue weighted by molar-refractivity contribution is 6.30. The van der Waals surface area contributed by atoms with Crippen LogP contribution in [0, 0.1) is 5.92 Å². The Morgan fingerprint density at radius 3 is 2.00 bits per heavy atom. The molecule has 0 radical (unpaired) electrons. The molecule has 1 amide bonds. The number of anilines is 1. The molecule has 0 saturated carbocycles. The number of hydrogen-bond acceptors (Lipinski definition) is 3. The fourth-order valence-electron chi connectivity index (χ4n) is 3.25. The summed E-state index contributed by atoms with van der Waals surface area (Å²) >= 11 is 0. The van der Waals surface area contributed by atoms with E-state index in [4.69, 9.17) is 0 Å². The molecule has 3 aromatic carbocycles. The molecule has 0 fully saturated rings. The summed E-state index contributed by atoms with van der Waals surface area (Å²) in [4.78, 5) is 25.8. The summed E-state index contributed by atoms with van der Waals surface area (Å²) < 4.78 is 0. The van der Waals surface area contributed by atoms with E-state index in [0.29, 0.717) is 17.0 Å². The molecule has 4 nitrogen and oxygen atoms in total. The first-order valence-corrected chi connectivity index (χ1v) is 8.79. The van der Waals surface area contributed by atoms with Crippen molar-refractivity contribution in [3.63, 3.8) is 0 Å². The fraction of sp³-hybridized carbons (Fsp3) is 0.0870. The number of rotatable bonds is 4. The van der Waals surface area contributed by atoms with Crippen LogP contribution in [0.3, 0.4) is 0 Å². The highest BCUT2D eigenvalue weighted by Crippen LogP contribution is 2.27. The average molecular weight is 354 g/mol. The molecule has 1 atom stereocenters. The van der Waals surface area contributed by atoms with Crippen molar-refractivity contribution in [3.05, 3.63) is 90.5 Å². The van der Waals surface area contributed by atoms with E-state index in [0.717, 1.165) is 11.1 Å². The number of hydrazone groups is 1. The maximum absolute atomic E-state index is 13.0. The zero-order chi connectivity index (χ0) is 18.8. The van der Waals surface area contributed by atoms with Crippen LogP contribution in [0.25, 0.3) is 11.1 Å². The lowest BCUT2D eigenvalue weighted by atomic mass is 9.92. The van der Waals surface area contributed by atoms with Gasteiger partial charge in [0.25, 0.3) is 5.91 Å². The van der Waals surface area contributed by atoms with Gasteiger partial charge in [-0.25, -0.2) is 0 Å². The first-order chi connectivity index (χ1) is 13.1. The largest absolute Gasteiger partial charge is 0.293 e. The Kier molecular flexibility index (Phi) is 4.38. The molecule has 132 valence electrons. The van der Waals surface area contributed by atoms with Crippen molar-refractivity contribution < 1.29 is 9.59 Å². The highest BCUT2D eigenvalue weighted by Gasteiger charge is 2.39. The van der Waals surface area contributed by atoms with Gasteiger partial charge in [0.15, 0.2) is 5.78 Å². The lowest BCUT2D eigenvalue weighted by molar-refractivity contribution is -0.118. The van der Waals surface area contributed by atoms with Crippen molar-refractivity contribution in [1.82, 2.24) is 0 Å². The Morgan fingerprint density at radius 1 is 0.815 bits per heavy atom. The number of carbonyl (C=O) groups excluding carboxylic acids is 2. The molecule has 1 heterocycles. The third kappa shape index (κ3) is 3.17. The number of benzene rings is 3. The average Bonchev–Trinajstić information content (AvgIpc) is 3.03. The molecular weight excluding hydrogens is 336 g/mol. The summed E-state index contributed by atoms with van der Waals surface area (Å²) in [5.41, 5.74) is 3.80. The zero-order valence-corrected chi connectivity index (χ0v) is 14.9. The standard InChI is InChI=1S/C23H18N2O2/c1-16-21(23(27)25(24-16)20-10-6-3-7-11-20)22(26)19-14-12-18(13-15-19)17-8-4-2-5-9-17/h2-15,21H,1H3/t21-/m1/s1. The lowest BCUT2D eigenvalue weighted by Crippen LogP contribution is -2.32. The molecule has 0 N–H and O–H groups in total. The summed E-state index contributed by atoms with van der Waals surface area (Å²) in [7, 11) is 0. The molecule has 1 aliphatic heterocycles. The smallest absolute Gasteiger partial charge is 0.264 e. The van der Waals surface area contributed by atoms with E-state index in [1.807, 2.05) is 60.7 Å². The topological polar surface area (TPSA) is 49.7 Å². The van der Waals surface area contributed by atoms with Crippen LogP contribution >= 0.6 is 0 Å². The third-order valence-electron chi connectivity index (χ3n) is 4.67. The summed E-state index contributed by atoms with van der Waals surface area (Å²) in [5, 5.41) is 5.63. The van der Waals surface area contributed by atoms with Gasteiger partial charge in [0.2, 0.25) is 0 Å². The van der Waals surface area contributed by atoms with E-state index < -0.39 is 5.92 Å². The van der Waals surface area contributed by atoms with E-state index in [2.05, 4.69) is 5.10 Å². The summed E-state index contributed by atoms with van der Waals surface area (Å²) in [6, 6.07) is 26.5. The molecule has 0 aromatic heterocycles. The van der Waals surface area contributed by atoms with Gasteiger partial charge in [0.1, 0.15) is 5.92 Å². The minimum Gasteiger partial charge on any atom is -0.293 e. The van der Waals surface area contributed by atoms with Gasteiger partial charge in [-0.15, -0.1) is 0 Å². The van der Waals surface area contributed by atoms with Crippen LogP contribution < -0.4 is 5.01 Å². The van der Waals surface area contributed by atoms with Crippen molar-refractivity contribution in [3.8, 4) is 11.1 Å². The monoisotopic (exact) mass is 354 g/mol. The van der Waals surface area contributed by atoms with Crippen LogP contribution in [0.15, 0.2) is 90.0 Å². The molecule has 4 rings (SSSR count). The Balaban J connectivity index is 1.58. The maximum atomic E-state index is 13.0. The predicted molar refractivity (Wildman–Crippen MR) is 107 cm³/mol. The molecular formula is C23H18N2O2. The number of carbonyl (C=O) groups is 2. The molecule has 0 spiro atoms. The first kappa shape index (κ1) is 16.9. The molecule has 1 aliphatic rings. The molecule has 3 aromatic rings. The van der Waals surface area contributed by atoms with E-state index in [-0.39, 0.29) is 11.7 Å². The van der Waals surface area contributed by atoms with E-state index in [1.165, 1.54) is 5.01 Å². The van der Waals surface area contributed by atoms with Crippen LogP contribution in [0.5, 0.6) is 0 Å². The lowest BCUT2D eigenvalue weighted by Gasteiger charge is -2.14. The molecule has 0 unspecified atom stereocenters. The Hall–Kier alpha value is -3.53. The van der Waals surface area contributed by atoms with E-state index >= 15 is 0 Å². The SMILES string of the molecule is CC1=NN(c2ccccc2)C(=O)[C@H]1C(=O)c1ccc(-c2ccccc2)cc1. The number of ketones is 1. The Bertz CT molecular complexity index is 1010. The number of hydrogen-bond donors (Lipinski definition) is 0. The van der Waals surface area contributed by atoms with Gasteiger partial charge < -0.3 is 0 Å². The third-order valence-corrected chi connectivity index (χ3v) is 4.67. The van der Waals surface area contributed by atoms with E-state index in [9.17, 15) is 9.59 Å². The molecule has 0 saturated heterocycles. The van der Waals surface area contributed by atoms with E-state index in [1.54, 1.807) is 31.2 Å². The van der Waals surface area contributed by atoms with Gasteiger partial charge >= 0.3 is 0 Å². The quantitative estimate of drug-likeness (QED) is 0.509. The zero-order valence-electron chi connectivity index (χ0n) is 14.9. The van der Waals surface area contributed by atoms with Gasteiger partial charge in [0, 0.05) is 5.56 Å². The predicted octanol–water partition coefficient (Wildman–Crippen LogP) is 4.58.